The summed E-state index contributed by atoms with van der Waals surface area (Å²) in [6.07, 6.45) is 2.41. The van der Waals surface area contributed by atoms with Crippen molar-refractivity contribution in [3.05, 3.63) is 46.7 Å². The van der Waals surface area contributed by atoms with Gasteiger partial charge in [-0.05, 0) is 35.1 Å². The number of fused-ring (bicyclic) bond motifs is 1. The van der Waals surface area contributed by atoms with Gasteiger partial charge in [-0.2, -0.15) is 4.98 Å². The molecule has 0 bridgehead atoms. The molecule has 142 valence electrons. The van der Waals surface area contributed by atoms with Crippen LogP contribution in [0, 0.1) is 5.41 Å². The van der Waals surface area contributed by atoms with E-state index in [2.05, 4.69) is 62.3 Å². The van der Waals surface area contributed by atoms with Gasteiger partial charge in [-0.15, -0.1) is 5.10 Å². The highest BCUT2D eigenvalue weighted by molar-refractivity contribution is 7.99. The van der Waals surface area contributed by atoms with E-state index < -0.39 is 0 Å². The lowest BCUT2D eigenvalue weighted by Crippen LogP contribution is -2.36. The summed E-state index contributed by atoms with van der Waals surface area (Å²) in [6, 6.07) is 8.35. The van der Waals surface area contributed by atoms with Crippen LogP contribution in [0.1, 0.15) is 57.7 Å². The molecular weight excluding hydrogens is 356 g/mol. The Kier molecular flexibility index (Phi) is 4.62. The van der Waals surface area contributed by atoms with Gasteiger partial charge < -0.3 is 5.32 Å². The minimum atomic E-state index is -0.204. The summed E-state index contributed by atoms with van der Waals surface area (Å²) >= 11 is 1.62. The molecule has 1 aromatic carbocycles. The smallest absolute Gasteiger partial charge is 0.227 e. The van der Waals surface area contributed by atoms with Gasteiger partial charge in [-0.25, -0.2) is 4.68 Å². The first kappa shape index (κ1) is 18.3. The summed E-state index contributed by atoms with van der Waals surface area (Å²) in [5, 5.41) is 8.89. The van der Waals surface area contributed by atoms with Crippen LogP contribution in [0.3, 0.4) is 0 Å². The Morgan fingerprint density at radius 3 is 2.63 bits per heavy atom. The zero-order valence-corrected chi connectivity index (χ0v) is 17.2. The second-order valence-electron chi connectivity index (χ2n) is 8.05. The zero-order chi connectivity index (χ0) is 19.2. The third-order valence-electron chi connectivity index (χ3n) is 5.29. The average molecular weight is 383 g/mol. The Hall–Kier alpha value is -2.08. The monoisotopic (exact) mass is 382 g/mol. The molecule has 4 rings (SSSR count). The molecule has 2 aliphatic rings. The van der Waals surface area contributed by atoms with Crippen molar-refractivity contribution in [2.24, 2.45) is 5.41 Å². The van der Waals surface area contributed by atoms with Gasteiger partial charge in [0, 0.05) is 17.7 Å². The van der Waals surface area contributed by atoms with Crippen LogP contribution in [-0.4, -0.2) is 26.3 Å². The number of carbonyl (C=O) groups is 1. The van der Waals surface area contributed by atoms with Crippen molar-refractivity contribution < 1.29 is 4.79 Å². The molecule has 1 aliphatic carbocycles. The first-order valence-corrected chi connectivity index (χ1v) is 10.6. The Bertz CT molecular complexity index is 911. The lowest BCUT2D eigenvalue weighted by molar-refractivity contribution is -0.118. The number of aromatic nitrogens is 3. The van der Waals surface area contributed by atoms with Gasteiger partial charge in [0.15, 0.2) is 5.78 Å². The molecular formula is C21H26N4OS. The van der Waals surface area contributed by atoms with Crippen LogP contribution >= 0.6 is 11.8 Å². The summed E-state index contributed by atoms with van der Waals surface area (Å²) in [7, 11) is 0. The summed E-state index contributed by atoms with van der Waals surface area (Å²) in [5.41, 5.74) is 4.20. The number of thioether (sulfide) groups is 1. The number of hydrogen-bond acceptors (Lipinski definition) is 5. The molecule has 0 saturated carbocycles. The number of Topliss-reactive ketones (excluding diaryl/α,β-unsaturated/α-hetero) is 1. The first-order valence-electron chi connectivity index (χ1n) is 9.63. The molecule has 0 saturated heterocycles. The van der Waals surface area contributed by atoms with Crippen molar-refractivity contribution in [3.63, 3.8) is 0 Å². The molecule has 5 nitrogen and oxygen atoms in total. The number of rotatable bonds is 4. The van der Waals surface area contributed by atoms with E-state index >= 15 is 0 Å². The summed E-state index contributed by atoms with van der Waals surface area (Å²) in [6.45, 7) is 8.54. The molecule has 1 aromatic heterocycles. The number of carbonyl (C=O) groups excluding carboxylic acids is 1. The van der Waals surface area contributed by atoms with Gasteiger partial charge in [0.25, 0.3) is 0 Å². The van der Waals surface area contributed by atoms with Crippen molar-refractivity contribution in [1.29, 1.82) is 0 Å². The van der Waals surface area contributed by atoms with E-state index in [1.165, 1.54) is 5.56 Å². The van der Waals surface area contributed by atoms with Crippen LogP contribution in [0.2, 0.25) is 0 Å². The van der Waals surface area contributed by atoms with Gasteiger partial charge in [0.1, 0.15) is 6.04 Å². The van der Waals surface area contributed by atoms with Crippen LogP contribution in [0.15, 0.2) is 40.7 Å². The Balaban J connectivity index is 1.85. The molecule has 0 spiro atoms. The maximum atomic E-state index is 13.1. The van der Waals surface area contributed by atoms with E-state index in [1.807, 2.05) is 4.68 Å². The SMILES string of the molecule is CCSc1nc2n(n1)[C@@H](c1ccc(CC)cc1)C1=C(CC(C)(C)CC1=O)N2. The second-order valence-corrected chi connectivity index (χ2v) is 9.28. The molecule has 2 heterocycles. The fraction of sp³-hybridized carbons (Fsp3) is 0.476. The second kappa shape index (κ2) is 6.82. The minimum absolute atomic E-state index is 0.0390. The van der Waals surface area contributed by atoms with Crippen molar-refractivity contribution in [2.75, 3.05) is 11.1 Å². The number of aryl methyl sites for hydroxylation is 1. The summed E-state index contributed by atoms with van der Waals surface area (Å²) < 4.78 is 1.90. The van der Waals surface area contributed by atoms with Crippen molar-refractivity contribution in [2.45, 2.75) is 58.2 Å². The van der Waals surface area contributed by atoms with Gasteiger partial charge in [-0.3, -0.25) is 4.79 Å². The lowest BCUT2D eigenvalue weighted by atomic mass is 9.73. The molecule has 0 unspecified atom stereocenters. The van der Waals surface area contributed by atoms with E-state index in [0.29, 0.717) is 6.42 Å². The topological polar surface area (TPSA) is 59.8 Å². The first-order chi connectivity index (χ1) is 12.9. The molecule has 1 N–H and O–H groups in total. The molecule has 1 aliphatic heterocycles. The Morgan fingerprint density at radius 1 is 1.22 bits per heavy atom. The number of ketones is 1. The van der Waals surface area contributed by atoms with Gasteiger partial charge >= 0.3 is 0 Å². The van der Waals surface area contributed by atoms with Crippen molar-refractivity contribution in [3.8, 4) is 0 Å². The fourth-order valence-corrected chi connectivity index (χ4v) is 4.58. The van der Waals surface area contributed by atoms with Gasteiger partial charge in [0.2, 0.25) is 11.1 Å². The standard InChI is InChI=1S/C21H26N4OS/c1-5-13-7-9-14(10-8-13)18-17-15(11-21(3,4)12-16(17)26)22-19-23-20(27-6-2)24-25(18)19/h7-10,18H,5-6,11-12H2,1-4H3,(H,22,23,24)/t18-/m0/s1. The van der Waals surface area contributed by atoms with E-state index in [9.17, 15) is 4.79 Å². The van der Waals surface area contributed by atoms with Gasteiger partial charge in [-0.1, -0.05) is 63.7 Å². The molecule has 27 heavy (non-hydrogen) atoms. The molecule has 2 aromatic rings. The molecule has 0 radical (unpaired) electrons. The van der Waals surface area contributed by atoms with Crippen LogP contribution in [0.5, 0.6) is 0 Å². The number of nitrogens with one attached hydrogen (secondary N) is 1. The van der Waals surface area contributed by atoms with E-state index in [4.69, 9.17) is 5.10 Å². The van der Waals surface area contributed by atoms with Crippen molar-refractivity contribution in [1.82, 2.24) is 14.8 Å². The number of nitrogens with zero attached hydrogens (tertiary/aromatic N) is 3. The fourth-order valence-electron chi connectivity index (χ4n) is 4.02. The maximum Gasteiger partial charge on any atom is 0.227 e. The maximum absolute atomic E-state index is 13.1. The van der Waals surface area contributed by atoms with E-state index in [1.54, 1.807) is 11.8 Å². The number of benzene rings is 1. The Morgan fingerprint density at radius 2 is 1.96 bits per heavy atom. The summed E-state index contributed by atoms with van der Waals surface area (Å²) in [5.74, 6) is 1.86. The zero-order valence-electron chi connectivity index (χ0n) is 16.4. The van der Waals surface area contributed by atoms with E-state index in [0.717, 1.165) is 46.5 Å². The highest BCUT2D eigenvalue weighted by Crippen LogP contribution is 2.45. The molecule has 0 amide bonds. The highest BCUT2D eigenvalue weighted by atomic mass is 32.2. The highest BCUT2D eigenvalue weighted by Gasteiger charge is 2.41. The van der Waals surface area contributed by atoms with Crippen LogP contribution in [0.4, 0.5) is 5.95 Å². The number of anilines is 1. The van der Waals surface area contributed by atoms with Crippen molar-refractivity contribution >= 4 is 23.5 Å². The minimum Gasteiger partial charge on any atom is -0.328 e. The quantitative estimate of drug-likeness (QED) is 0.783. The number of hydrogen-bond donors (Lipinski definition) is 1. The predicted molar refractivity (Wildman–Crippen MR) is 109 cm³/mol. The van der Waals surface area contributed by atoms with Gasteiger partial charge in [0.05, 0.1) is 0 Å². The number of allylic oxidation sites excluding steroid dienone is 2. The average Bonchev–Trinajstić information content (AvgIpc) is 3.01. The lowest BCUT2D eigenvalue weighted by Gasteiger charge is -2.38. The Labute approximate surface area is 164 Å². The van der Waals surface area contributed by atoms with Crippen LogP contribution in [-0.2, 0) is 11.2 Å². The molecule has 6 heteroatoms. The third-order valence-corrected chi connectivity index (χ3v) is 6.01. The molecule has 0 fully saturated rings. The predicted octanol–water partition coefficient (Wildman–Crippen LogP) is 4.61. The summed E-state index contributed by atoms with van der Waals surface area (Å²) in [4.78, 5) is 17.8. The van der Waals surface area contributed by atoms with E-state index in [-0.39, 0.29) is 17.2 Å². The van der Waals surface area contributed by atoms with Crippen LogP contribution in [0.25, 0.3) is 0 Å². The normalized spacial score (nSPS) is 20.9. The largest absolute Gasteiger partial charge is 0.328 e. The molecule has 1 atom stereocenters. The van der Waals surface area contributed by atoms with Crippen LogP contribution < -0.4 is 5.32 Å². The third kappa shape index (κ3) is 3.31.